The van der Waals surface area contributed by atoms with Gasteiger partial charge in [-0.2, -0.15) is 0 Å². The third kappa shape index (κ3) is 6.83. The number of thiazole rings is 1. The van der Waals surface area contributed by atoms with Crippen molar-refractivity contribution < 1.29 is 33.1 Å². The van der Waals surface area contributed by atoms with Crippen LogP contribution in [-0.2, 0) is 24.0 Å². The van der Waals surface area contributed by atoms with E-state index in [-0.39, 0.29) is 40.3 Å². The maximum Gasteiger partial charge on any atom is 0.356 e. The average molecular weight is 674 g/mol. The fourth-order valence-corrected chi connectivity index (χ4v) is 7.03. The van der Waals surface area contributed by atoms with Gasteiger partial charge >= 0.3 is 5.97 Å². The summed E-state index contributed by atoms with van der Waals surface area (Å²) in [4.78, 5) is 51.4. The van der Waals surface area contributed by atoms with Gasteiger partial charge in [-0.3, -0.25) is 14.5 Å². The van der Waals surface area contributed by atoms with Crippen LogP contribution in [0.1, 0.15) is 22.9 Å². The number of oxime groups is 1. The van der Waals surface area contributed by atoms with Crippen LogP contribution in [0.5, 0.6) is 5.75 Å². The number of nitrogen functional groups attached to an aromatic ring is 1. The van der Waals surface area contributed by atoms with Gasteiger partial charge in [-0.1, -0.05) is 71.9 Å². The number of nitrogens with one attached hydrogen (secondary N) is 1. The van der Waals surface area contributed by atoms with Gasteiger partial charge in [-0.15, -0.1) is 23.1 Å². The second kappa shape index (κ2) is 14.1. The number of thioether (sulfide) groups is 1. The predicted octanol–water partition coefficient (Wildman–Crippen LogP) is 4.28. The lowest BCUT2D eigenvalue weighted by atomic mass is 10.0. The first-order valence-electron chi connectivity index (χ1n) is 14.3. The number of benzene rings is 3. The fourth-order valence-electron chi connectivity index (χ4n) is 5.16. The monoisotopic (exact) mass is 673 g/mol. The van der Waals surface area contributed by atoms with E-state index in [9.17, 15) is 18.8 Å². The van der Waals surface area contributed by atoms with E-state index in [2.05, 4.69) is 15.5 Å². The molecule has 0 saturated carbocycles. The van der Waals surface area contributed by atoms with Crippen molar-refractivity contribution in [3.63, 3.8) is 0 Å². The maximum absolute atomic E-state index is 14.1. The fraction of sp³-hybridized carbons (Fsp3) is 0.182. The van der Waals surface area contributed by atoms with Crippen molar-refractivity contribution in [2.75, 3.05) is 25.2 Å². The van der Waals surface area contributed by atoms with E-state index in [0.29, 0.717) is 5.57 Å². The quantitative estimate of drug-likeness (QED) is 0.103. The lowest BCUT2D eigenvalue weighted by Gasteiger charge is -2.49. The Kier molecular flexibility index (Phi) is 9.50. The van der Waals surface area contributed by atoms with Crippen molar-refractivity contribution in [1.29, 1.82) is 0 Å². The minimum Gasteiger partial charge on any atom is -0.489 e. The molecule has 11 nitrogen and oxygen atoms in total. The standard InChI is InChI=1S/C33H28FN5O6S2/c1-43-38-25(24-18-47-33(35)36-24)29(40)37-26-30(41)39-27(21(17-46-31(26)39)16-44-23-14-8-13-22(34)15-23)32(42)45-28(19-9-4-2-5-10-19)20-11-6-3-7-12-20/h2-15,18,26,28,31H,16-17H2,1H3,(H2,35,36)(H,37,40)/b38-25-/t26?,31-/m1/s1. The Bertz CT molecular complexity index is 1810. The minimum absolute atomic E-state index is 0.00979. The van der Waals surface area contributed by atoms with Crippen LogP contribution in [0.25, 0.3) is 0 Å². The van der Waals surface area contributed by atoms with Gasteiger partial charge in [0.05, 0.1) is 0 Å². The van der Waals surface area contributed by atoms with Crippen LogP contribution in [0.15, 0.2) is 107 Å². The summed E-state index contributed by atoms with van der Waals surface area (Å²) in [5.74, 6) is -1.92. The van der Waals surface area contributed by atoms with E-state index in [1.807, 2.05) is 60.7 Å². The summed E-state index contributed by atoms with van der Waals surface area (Å²) in [7, 11) is 1.28. The number of hydrogen-bond donors (Lipinski definition) is 2. The zero-order valence-corrected chi connectivity index (χ0v) is 26.5. The molecule has 1 unspecified atom stereocenters. The lowest BCUT2D eigenvalue weighted by molar-refractivity contribution is -0.154. The average Bonchev–Trinajstić information content (AvgIpc) is 3.53. The summed E-state index contributed by atoms with van der Waals surface area (Å²) in [5.41, 5.74) is 7.73. The van der Waals surface area contributed by atoms with Crippen molar-refractivity contribution in [1.82, 2.24) is 15.2 Å². The van der Waals surface area contributed by atoms with Crippen molar-refractivity contribution in [2.45, 2.75) is 17.5 Å². The molecule has 2 atom stereocenters. The van der Waals surface area contributed by atoms with Crippen molar-refractivity contribution in [3.05, 3.63) is 124 Å². The molecule has 6 rings (SSSR count). The number of nitrogens with two attached hydrogens (primary N) is 1. The molecule has 1 aromatic heterocycles. The Morgan fingerprint density at radius 2 is 1.79 bits per heavy atom. The lowest BCUT2D eigenvalue weighted by Crippen LogP contribution is -2.71. The molecule has 0 aliphatic carbocycles. The van der Waals surface area contributed by atoms with Crippen LogP contribution in [0, 0.1) is 5.82 Å². The molecule has 2 amide bonds. The zero-order valence-electron chi connectivity index (χ0n) is 24.9. The molecule has 240 valence electrons. The number of esters is 1. The molecule has 3 aromatic carbocycles. The first-order valence-corrected chi connectivity index (χ1v) is 16.3. The molecule has 2 aliphatic rings. The summed E-state index contributed by atoms with van der Waals surface area (Å²) >= 11 is 2.46. The zero-order chi connectivity index (χ0) is 32.9. The van der Waals surface area contributed by atoms with Crippen LogP contribution in [0.2, 0.25) is 0 Å². The van der Waals surface area contributed by atoms with Crippen LogP contribution >= 0.6 is 23.1 Å². The highest BCUT2D eigenvalue weighted by molar-refractivity contribution is 8.00. The van der Waals surface area contributed by atoms with Gasteiger partial charge in [0.25, 0.3) is 11.8 Å². The number of fused-ring (bicyclic) bond motifs is 1. The van der Waals surface area contributed by atoms with Gasteiger partial charge in [0.1, 0.15) is 48.1 Å². The summed E-state index contributed by atoms with van der Waals surface area (Å²) in [6.45, 7) is -0.106. The first kappa shape index (κ1) is 31.8. The number of anilines is 1. The van der Waals surface area contributed by atoms with E-state index in [1.165, 1.54) is 42.0 Å². The van der Waals surface area contributed by atoms with Crippen molar-refractivity contribution in [3.8, 4) is 5.75 Å². The number of nitrogens with zero attached hydrogens (tertiary/aromatic N) is 3. The van der Waals surface area contributed by atoms with E-state index in [1.54, 1.807) is 11.4 Å². The third-order valence-electron chi connectivity index (χ3n) is 7.33. The summed E-state index contributed by atoms with van der Waals surface area (Å²) < 4.78 is 25.9. The molecule has 4 aromatic rings. The van der Waals surface area contributed by atoms with Crippen LogP contribution < -0.4 is 15.8 Å². The molecule has 1 fully saturated rings. The molecule has 0 bridgehead atoms. The molecule has 3 N–H and O–H groups in total. The van der Waals surface area contributed by atoms with Gasteiger partial charge in [0.15, 0.2) is 16.9 Å². The van der Waals surface area contributed by atoms with E-state index >= 15 is 0 Å². The van der Waals surface area contributed by atoms with E-state index < -0.39 is 41.1 Å². The Morgan fingerprint density at radius 3 is 2.40 bits per heavy atom. The Labute approximate surface area is 277 Å². The summed E-state index contributed by atoms with van der Waals surface area (Å²) in [5, 5.41) is 7.64. The topological polar surface area (TPSA) is 145 Å². The number of carbonyl (C=O) groups excluding carboxylic acids is 3. The van der Waals surface area contributed by atoms with E-state index in [0.717, 1.165) is 22.5 Å². The van der Waals surface area contributed by atoms with Crippen LogP contribution in [0.3, 0.4) is 0 Å². The number of hydrogen-bond acceptors (Lipinski definition) is 11. The number of rotatable bonds is 11. The highest BCUT2D eigenvalue weighted by atomic mass is 32.2. The summed E-state index contributed by atoms with van der Waals surface area (Å²) in [6.07, 6.45) is -0.777. The molecule has 1 saturated heterocycles. The number of aromatic nitrogens is 1. The van der Waals surface area contributed by atoms with Crippen molar-refractivity contribution >= 4 is 51.7 Å². The normalized spacial score (nSPS) is 17.6. The molecule has 2 aliphatic heterocycles. The third-order valence-corrected chi connectivity index (χ3v) is 9.34. The van der Waals surface area contributed by atoms with Crippen molar-refractivity contribution in [2.24, 2.45) is 5.16 Å². The van der Waals surface area contributed by atoms with Gasteiger partial charge in [0, 0.05) is 22.8 Å². The van der Waals surface area contributed by atoms with Gasteiger partial charge in [-0.05, 0) is 23.3 Å². The largest absolute Gasteiger partial charge is 0.489 e. The Hall–Kier alpha value is -5.21. The molecule has 47 heavy (non-hydrogen) atoms. The Morgan fingerprint density at radius 1 is 1.09 bits per heavy atom. The first-order chi connectivity index (χ1) is 22.8. The minimum atomic E-state index is -0.988. The SMILES string of the molecule is CO/N=C(\C(=O)NC1C(=O)N2C(C(=O)OC(c3ccccc3)c3ccccc3)=C(COc3cccc(F)c3)CS[C@H]12)c1csc(N)n1. The number of carbonyl (C=O) groups is 3. The molecule has 0 radical (unpaired) electrons. The number of amides is 2. The van der Waals surface area contributed by atoms with Crippen LogP contribution in [-0.4, -0.2) is 64.3 Å². The van der Waals surface area contributed by atoms with E-state index in [4.69, 9.17) is 20.0 Å². The van der Waals surface area contributed by atoms with Gasteiger partial charge in [0.2, 0.25) is 0 Å². The number of ether oxygens (including phenoxy) is 2. The maximum atomic E-state index is 14.1. The predicted molar refractivity (Wildman–Crippen MR) is 175 cm³/mol. The second-order valence-electron chi connectivity index (χ2n) is 10.4. The molecule has 0 spiro atoms. The van der Waals surface area contributed by atoms with Gasteiger partial charge < -0.3 is 25.4 Å². The molecule has 3 heterocycles. The molecular weight excluding hydrogens is 646 g/mol. The Balaban J connectivity index is 1.29. The smallest absolute Gasteiger partial charge is 0.356 e. The second-order valence-corrected chi connectivity index (χ2v) is 12.4. The number of halogens is 1. The highest BCUT2D eigenvalue weighted by Gasteiger charge is 2.55. The highest BCUT2D eigenvalue weighted by Crippen LogP contribution is 2.42. The molecule has 14 heteroatoms. The van der Waals surface area contributed by atoms with Gasteiger partial charge in [-0.25, -0.2) is 14.2 Å². The van der Waals surface area contributed by atoms with Crippen LogP contribution in [0.4, 0.5) is 9.52 Å². The summed E-state index contributed by atoms with van der Waals surface area (Å²) in [6, 6.07) is 23.1. The number of β-lactam (4-membered cyclic amide) rings is 1. The molecular formula is C33H28FN5O6S2.